The third kappa shape index (κ3) is 4.94. The molecule has 4 aromatic rings. The van der Waals surface area contributed by atoms with Crippen molar-refractivity contribution in [3.63, 3.8) is 0 Å². The zero-order valence-corrected chi connectivity index (χ0v) is 19.3. The molecule has 0 bridgehead atoms. The van der Waals surface area contributed by atoms with Gasteiger partial charge in [-0.1, -0.05) is 30.7 Å². The predicted octanol–water partition coefficient (Wildman–Crippen LogP) is 6.99. The number of thiophene rings is 1. The number of aromatic nitrogens is 1. The topological polar surface area (TPSA) is 40.6 Å². The second-order valence-electron chi connectivity index (χ2n) is 7.30. The highest BCUT2D eigenvalue weighted by Gasteiger charge is 2.13. The van der Waals surface area contributed by atoms with Gasteiger partial charge < -0.3 is 14.2 Å². The zero-order chi connectivity index (χ0) is 21.8. The lowest BCUT2D eigenvalue weighted by molar-refractivity contribution is 0.290. The summed E-state index contributed by atoms with van der Waals surface area (Å²) in [5, 5.41) is 3.62. The highest BCUT2D eigenvalue weighted by molar-refractivity contribution is 7.17. The van der Waals surface area contributed by atoms with E-state index in [4.69, 9.17) is 25.8 Å². The lowest BCUT2D eigenvalue weighted by atomic mass is 10.1. The van der Waals surface area contributed by atoms with Crippen molar-refractivity contribution in [2.24, 2.45) is 0 Å². The fourth-order valence-corrected chi connectivity index (χ4v) is 4.90. The van der Waals surface area contributed by atoms with E-state index in [1.165, 1.54) is 10.3 Å². The number of ether oxygens (including phenoxy) is 3. The van der Waals surface area contributed by atoms with Crippen LogP contribution in [0.3, 0.4) is 0 Å². The normalized spacial score (nSPS) is 11.0. The van der Waals surface area contributed by atoms with E-state index in [1.807, 2.05) is 55.6 Å². The van der Waals surface area contributed by atoms with E-state index in [-0.39, 0.29) is 0 Å². The van der Waals surface area contributed by atoms with E-state index >= 15 is 0 Å². The van der Waals surface area contributed by atoms with Gasteiger partial charge in [-0.25, -0.2) is 4.98 Å². The molecular weight excluding hydrogens is 430 g/mol. The number of nitrogens with zero attached hydrogens (tertiary/aromatic N) is 1. The smallest absolute Gasteiger partial charge is 0.138 e. The van der Waals surface area contributed by atoms with Crippen LogP contribution in [-0.2, 0) is 19.6 Å². The Morgan fingerprint density at radius 1 is 0.968 bits per heavy atom. The first kappa shape index (κ1) is 21.5. The molecule has 0 aliphatic carbocycles. The number of methoxy groups -OCH3 is 1. The number of benzene rings is 2. The van der Waals surface area contributed by atoms with Crippen molar-refractivity contribution in [3.05, 3.63) is 81.4 Å². The molecule has 2 aromatic carbocycles. The maximum Gasteiger partial charge on any atom is 0.138 e. The first-order valence-corrected chi connectivity index (χ1v) is 11.4. The van der Waals surface area contributed by atoms with Gasteiger partial charge >= 0.3 is 0 Å². The number of pyridine rings is 1. The van der Waals surface area contributed by atoms with Crippen molar-refractivity contribution in [2.45, 2.75) is 33.5 Å². The van der Waals surface area contributed by atoms with Crippen LogP contribution in [-0.4, -0.2) is 12.1 Å². The van der Waals surface area contributed by atoms with Crippen molar-refractivity contribution in [1.29, 1.82) is 0 Å². The molecule has 0 unspecified atom stereocenters. The molecule has 31 heavy (non-hydrogen) atoms. The summed E-state index contributed by atoms with van der Waals surface area (Å²) in [6, 6.07) is 13.8. The van der Waals surface area contributed by atoms with Gasteiger partial charge in [-0.3, -0.25) is 0 Å². The molecule has 0 aliphatic heterocycles. The molecule has 0 aliphatic rings. The summed E-state index contributed by atoms with van der Waals surface area (Å²) in [7, 11) is 1.66. The molecule has 0 atom stereocenters. The molecule has 0 spiro atoms. The molecule has 6 heteroatoms. The minimum atomic E-state index is 0.424. The van der Waals surface area contributed by atoms with E-state index in [0.29, 0.717) is 18.4 Å². The number of aryl methyl sites for hydroxylation is 2. The fourth-order valence-electron chi connectivity index (χ4n) is 3.44. The Hall–Kier alpha value is -2.76. The van der Waals surface area contributed by atoms with E-state index in [0.717, 1.165) is 45.7 Å². The predicted molar refractivity (Wildman–Crippen MR) is 127 cm³/mol. The molecule has 0 fully saturated rings. The number of rotatable bonds is 8. The van der Waals surface area contributed by atoms with Gasteiger partial charge in [-0.15, -0.1) is 11.3 Å². The quantitative estimate of drug-likeness (QED) is 0.269. The Labute approximate surface area is 191 Å². The maximum atomic E-state index is 6.40. The van der Waals surface area contributed by atoms with Gasteiger partial charge in [-0.2, -0.15) is 0 Å². The monoisotopic (exact) mass is 453 g/mol. The molecule has 4 nitrogen and oxygen atoms in total. The second kappa shape index (κ2) is 9.58. The first-order chi connectivity index (χ1) is 15.1. The summed E-state index contributed by atoms with van der Waals surface area (Å²) in [5.74, 6) is 2.34. The number of hydrogen-bond donors (Lipinski definition) is 0. The SMILES string of the molecule is CCc1cnc(Cl)c2c(COc3cc(C)cc(OCc4cccc(OC)c4)c3)csc12. The van der Waals surface area contributed by atoms with Crippen LogP contribution in [0.1, 0.15) is 29.2 Å². The van der Waals surface area contributed by atoms with Crippen molar-refractivity contribution >= 4 is 33.0 Å². The van der Waals surface area contributed by atoms with Crippen LogP contribution < -0.4 is 14.2 Å². The number of hydrogen-bond acceptors (Lipinski definition) is 5. The summed E-state index contributed by atoms with van der Waals surface area (Å²) >= 11 is 8.09. The fraction of sp³-hybridized carbons (Fsp3) is 0.240. The molecule has 0 amide bonds. The van der Waals surface area contributed by atoms with Gasteiger partial charge in [-0.05, 0) is 59.7 Å². The highest BCUT2D eigenvalue weighted by Crippen LogP contribution is 2.34. The second-order valence-corrected chi connectivity index (χ2v) is 8.54. The van der Waals surface area contributed by atoms with E-state index in [2.05, 4.69) is 17.3 Å². The van der Waals surface area contributed by atoms with Crippen molar-refractivity contribution in [1.82, 2.24) is 4.98 Å². The Morgan fingerprint density at radius 3 is 2.48 bits per heavy atom. The average Bonchev–Trinajstić information content (AvgIpc) is 3.21. The third-order valence-corrected chi connectivity index (χ3v) is 6.43. The Bertz CT molecular complexity index is 1200. The Balaban J connectivity index is 1.48. The largest absolute Gasteiger partial charge is 0.497 e. The van der Waals surface area contributed by atoms with Gasteiger partial charge in [0.1, 0.15) is 35.6 Å². The summed E-state index contributed by atoms with van der Waals surface area (Å²) in [6.07, 6.45) is 2.78. The van der Waals surface area contributed by atoms with Crippen LogP contribution in [0.25, 0.3) is 10.1 Å². The van der Waals surface area contributed by atoms with Gasteiger partial charge in [0.2, 0.25) is 0 Å². The number of fused-ring (bicyclic) bond motifs is 1. The molecule has 0 saturated heterocycles. The van der Waals surface area contributed by atoms with Gasteiger partial charge in [0.05, 0.1) is 7.11 Å². The minimum Gasteiger partial charge on any atom is -0.497 e. The summed E-state index contributed by atoms with van der Waals surface area (Å²) in [5.41, 5.74) is 4.37. The van der Waals surface area contributed by atoms with Crippen LogP contribution in [0.5, 0.6) is 17.2 Å². The van der Waals surface area contributed by atoms with Crippen LogP contribution in [0.2, 0.25) is 5.15 Å². The first-order valence-electron chi connectivity index (χ1n) is 10.1. The van der Waals surface area contributed by atoms with E-state index < -0.39 is 0 Å². The summed E-state index contributed by atoms with van der Waals surface area (Å²) in [6.45, 7) is 5.03. The van der Waals surface area contributed by atoms with Gasteiger partial charge in [0.25, 0.3) is 0 Å². The maximum absolute atomic E-state index is 6.40. The highest BCUT2D eigenvalue weighted by atomic mass is 35.5. The average molecular weight is 454 g/mol. The molecule has 0 N–H and O–H groups in total. The van der Waals surface area contributed by atoms with Crippen LogP contribution >= 0.6 is 22.9 Å². The van der Waals surface area contributed by atoms with Crippen LogP contribution in [0.15, 0.2) is 54.0 Å². The molecule has 0 saturated carbocycles. The Morgan fingerprint density at radius 2 is 1.74 bits per heavy atom. The summed E-state index contributed by atoms with van der Waals surface area (Å²) in [4.78, 5) is 4.35. The molecule has 2 heterocycles. The lowest BCUT2D eigenvalue weighted by Crippen LogP contribution is -1.99. The molecular formula is C25H24ClNO3S. The third-order valence-electron chi connectivity index (χ3n) is 5.04. The lowest BCUT2D eigenvalue weighted by Gasteiger charge is -2.12. The molecule has 4 rings (SSSR count). The van der Waals surface area contributed by atoms with Crippen LogP contribution in [0, 0.1) is 6.92 Å². The minimum absolute atomic E-state index is 0.424. The van der Waals surface area contributed by atoms with Gasteiger partial charge in [0.15, 0.2) is 0 Å². The van der Waals surface area contributed by atoms with Crippen molar-refractivity contribution in [3.8, 4) is 17.2 Å². The zero-order valence-electron chi connectivity index (χ0n) is 17.8. The number of halogens is 1. The van der Waals surface area contributed by atoms with E-state index in [9.17, 15) is 0 Å². The van der Waals surface area contributed by atoms with Crippen LogP contribution in [0.4, 0.5) is 0 Å². The van der Waals surface area contributed by atoms with E-state index in [1.54, 1.807) is 18.4 Å². The Kier molecular flexibility index (Phi) is 6.64. The standard InChI is InChI=1S/C25H24ClNO3S/c1-4-18-12-27-25(26)23-19(15-31-24(18)23)14-30-22-9-16(2)8-21(11-22)29-13-17-6-5-7-20(10-17)28-3/h5-12,15H,4,13-14H2,1-3H3. The molecule has 0 radical (unpaired) electrons. The molecule has 2 aromatic heterocycles. The van der Waals surface area contributed by atoms with Gasteiger partial charge in [0, 0.05) is 27.9 Å². The molecule has 160 valence electrons. The van der Waals surface area contributed by atoms with Crippen molar-refractivity contribution in [2.75, 3.05) is 7.11 Å². The van der Waals surface area contributed by atoms with Crippen molar-refractivity contribution < 1.29 is 14.2 Å². The summed E-state index contributed by atoms with van der Waals surface area (Å²) < 4.78 is 18.6.